The Hall–Kier alpha value is -0.593. The molecule has 3 N–H and O–H groups in total. The van der Waals surface area contributed by atoms with Gasteiger partial charge in [-0.3, -0.25) is 0 Å². The van der Waals surface area contributed by atoms with E-state index in [9.17, 15) is 4.79 Å². The summed E-state index contributed by atoms with van der Waals surface area (Å²) < 4.78 is 12.0. The van der Waals surface area contributed by atoms with Crippen LogP contribution in [0.2, 0.25) is 12.1 Å². The highest BCUT2D eigenvalue weighted by Crippen LogP contribution is 2.22. The van der Waals surface area contributed by atoms with Gasteiger partial charge in [-0.25, -0.2) is 4.79 Å². The van der Waals surface area contributed by atoms with Gasteiger partial charge in [0.05, 0.1) is 0 Å². The highest BCUT2D eigenvalue weighted by atomic mass is 28.4. The maximum atomic E-state index is 10.7. The standard InChI is InChI=1S/C11H26N2O3Si/c1-6-17(15-9(2)3,16-10(4)5)8-7-13-11(12)14/h9-10H,6-8H2,1-5H3,(H3,12,13,14). The lowest BCUT2D eigenvalue weighted by Crippen LogP contribution is -2.48. The van der Waals surface area contributed by atoms with Crippen LogP contribution in [0, 0.1) is 0 Å². The number of nitrogens with two attached hydrogens (primary N) is 1. The molecular formula is C11H26N2O3Si. The number of hydrogen-bond donors (Lipinski definition) is 2. The van der Waals surface area contributed by atoms with E-state index in [2.05, 4.69) is 12.2 Å². The van der Waals surface area contributed by atoms with Crippen molar-refractivity contribution in [2.24, 2.45) is 5.73 Å². The molecule has 0 spiro atoms. The molecule has 5 nitrogen and oxygen atoms in total. The fourth-order valence-corrected chi connectivity index (χ4v) is 4.93. The van der Waals surface area contributed by atoms with Crippen molar-refractivity contribution in [1.29, 1.82) is 0 Å². The zero-order valence-electron chi connectivity index (χ0n) is 11.6. The Balaban J connectivity index is 4.49. The summed E-state index contributed by atoms with van der Waals surface area (Å²) in [5, 5.41) is 2.60. The van der Waals surface area contributed by atoms with Crippen molar-refractivity contribution in [1.82, 2.24) is 5.32 Å². The average molecular weight is 262 g/mol. The summed E-state index contributed by atoms with van der Waals surface area (Å²) in [6, 6.07) is 1.09. The minimum Gasteiger partial charge on any atom is -0.392 e. The molecule has 17 heavy (non-hydrogen) atoms. The molecule has 0 radical (unpaired) electrons. The maximum Gasteiger partial charge on any atom is 0.340 e. The van der Waals surface area contributed by atoms with E-state index in [0.717, 1.165) is 12.1 Å². The Morgan fingerprint density at radius 2 is 1.71 bits per heavy atom. The van der Waals surface area contributed by atoms with Crippen LogP contribution in [0.3, 0.4) is 0 Å². The lowest BCUT2D eigenvalue weighted by Gasteiger charge is -2.33. The van der Waals surface area contributed by atoms with Crippen molar-refractivity contribution in [3.8, 4) is 0 Å². The number of carbonyl (C=O) groups excluding carboxylic acids is 1. The van der Waals surface area contributed by atoms with Gasteiger partial charge in [-0.1, -0.05) is 6.92 Å². The van der Waals surface area contributed by atoms with Crippen molar-refractivity contribution in [3.05, 3.63) is 0 Å². The summed E-state index contributed by atoms with van der Waals surface area (Å²) in [5.74, 6) is 0. The predicted molar refractivity (Wildman–Crippen MR) is 71.1 cm³/mol. The van der Waals surface area contributed by atoms with Gasteiger partial charge in [0.25, 0.3) is 0 Å². The second kappa shape index (κ2) is 7.68. The van der Waals surface area contributed by atoms with Crippen molar-refractivity contribution in [3.63, 3.8) is 0 Å². The van der Waals surface area contributed by atoms with Gasteiger partial charge < -0.3 is 19.9 Å². The fraction of sp³-hybridized carbons (Fsp3) is 0.909. The third-order valence-electron chi connectivity index (χ3n) is 2.24. The SMILES string of the molecule is CC[Si](CCNC(N)=O)(OC(C)C)OC(C)C. The van der Waals surface area contributed by atoms with Crippen LogP contribution >= 0.6 is 0 Å². The summed E-state index contributed by atoms with van der Waals surface area (Å²) in [4.78, 5) is 10.7. The van der Waals surface area contributed by atoms with Gasteiger partial charge in [0.2, 0.25) is 0 Å². The van der Waals surface area contributed by atoms with Gasteiger partial charge in [0.15, 0.2) is 0 Å². The molecular weight excluding hydrogens is 236 g/mol. The molecule has 0 aliphatic carbocycles. The van der Waals surface area contributed by atoms with E-state index in [4.69, 9.17) is 14.6 Å². The molecule has 0 saturated carbocycles. The Morgan fingerprint density at radius 1 is 1.24 bits per heavy atom. The highest BCUT2D eigenvalue weighted by molar-refractivity contribution is 6.67. The van der Waals surface area contributed by atoms with Gasteiger partial charge in [0, 0.05) is 24.8 Å². The van der Waals surface area contributed by atoms with E-state index in [1.807, 2.05) is 27.7 Å². The minimum absolute atomic E-state index is 0.133. The maximum absolute atomic E-state index is 10.7. The molecule has 6 heteroatoms. The molecule has 0 heterocycles. The number of nitrogens with one attached hydrogen (secondary N) is 1. The topological polar surface area (TPSA) is 73.6 Å². The van der Waals surface area contributed by atoms with Crippen LogP contribution in [0.5, 0.6) is 0 Å². The lowest BCUT2D eigenvalue weighted by molar-refractivity contribution is 0.105. The molecule has 0 unspecified atom stereocenters. The van der Waals surface area contributed by atoms with Crippen LogP contribution in [0.15, 0.2) is 0 Å². The molecule has 102 valence electrons. The Labute approximate surface area is 105 Å². The van der Waals surface area contributed by atoms with E-state index in [0.29, 0.717) is 6.54 Å². The third kappa shape index (κ3) is 7.35. The van der Waals surface area contributed by atoms with Gasteiger partial charge in [-0.05, 0) is 33.7 Å². The molecule has 0 bridgehead atoms. The smallest absolute Gasteiger partial charge is 0.340 e. The second-order valence-corrected chi connectivity index (χ2v) is 8.14. The van der Waals surface area contributed by atoms with Gasteiger partial charge >= 0.3 is 14.6 Å². The van der Waals surface area contributed by atoms with E-state index in [1.54, 1.807) is 0 Å². The normalized spacial score (nSPS) is 12.2. The van der Waals surface area contributed by atoms with Crippen molar-refractivity contribution in [2.45, 2.75) is 58.9 Å². The first-order chi connectivity index (χ1) is 7.81. The highest BCUT2D eigenvalue weighted by Gasteiger charge is 2.37. The Kier molecular flexibility index (Phi) is 7.41. The molecule has 2 amide bonds. The summed E-state index contributed by atoms with van der Waals surface area (Å²) in [6.07, 6.45) is 0.267. The molecule has 0 saturated heterocycles. The monoisotopic (exact) mass is 262 g/mol. The van der Waals surface area contributed by atoms with Gasteiger partial charge in [-0.2, -0.15) is 0 Å². The molecule has 0 aromatic heterocycles. The van der Waals surface area contributed by atoms with Gasteiger partial charge in [0.1, 0.15) is 0 Å². The van der Waals surface area contributed by atoms with Crippen LogP contribution in [-0.2, 0) is 8.85 Å². The van der Waals surface area contributed by atoms with E-state index in [1.165, 1.54) is 0 Å². The molecule has 0 aromatic carbocycles. The summed E-state index contributed by atoms with van der Waals surface area (Å²) in [5.41, 5.74) is 5.05. The summed E-state index contributed by atoms with van der Waals surface area (Å²) in [6.45, 7) is 10.6. The zero-order valence-corrected chi connectivity index (χ0v) is 12.6. The molecule has 0 rings (SSSR count). The molecule has 0 atom stereocenters. The molecule has 0 aliphatic heterocycles. The first-order valence-corrected chi connectivity index (χ1v) is 8.43. The summed E-state index contributed by atoms with van der Waals surface area (Å²) >= 11 is 0. The van der Waals surface area contributed by atoms with Gasteiger partial charge in [-0.15, -0.1) is 0 Å². The number of rotatable bonds is 8. The number of primary amides is 1. The zero-order chi connectivity index (χ0) is 13.5. The number of hydrogen-bond acceptors (Lipinski definition) is 3. The Morgan fingerprint density at radius 3 is 2.00 bits per heavy atom. The van der Waals surface area contributed by atoms with E-state index in [-0.39, 0.29) is 12.2 Å². The predicted octanol–water partition coefficient (Wildman–Crippen LogP) is 1.97. The van der Waals surface area contributed by atoms with Crippen LogP contribution in [-0.4, -0.2) is 33.3 Å². The first kappa shape index (κ1) is 16.4. The number of urea groups is 1. The van der Waals surface area contributed by atoms with Crippen molar-refractivity contribution < 1.29 is 13.6 Å². The quantitative estimate of drug-likeness (QED) is 0.657. The van der Waals surface area contributed by atoms with Crippen LogP contribution in [0.25, 0.3) is 0 Å². The lowest BCUT2D eigenvalue weighted by atomic mass is 10.5. The van der Waals surface area contributed by atoms with E-state index < -0.39 is 14.6 Å². The average Bonchev–Trinajstić information content (AvgIpc) is 2.14. The van der Waals surface area contributed by atoms with Crippen molar-refractivity contribution >= 4 is 14.6 Å². The molecule has 0 aliphatic rings. The number of amides is 2. The molecule has 0 aromatic rings. The second-order valence-electron chi connectivity index (χ2n) is 4.64. The van der Waals surface area contributed by atoms with Crippen LogP contribution in [0.1, 0.15) is 34.6 Å². The van der Waals surface area contributed by atoms with Crippen LogP contribution < -0.4 is 11.1 Å². The molecule has 0 fully saturated rings. The van der Waals surface area contributed by atoms with E-state index >= 15 is 0 Å². The first-order valence-electron chi connectivity index (χ1n) is 6.20. The Bertz CT molecular complexity index is 225. The number of carbonyl (C=O) groups is 1. The third-order valence-corrected chi connectivity index (χ3v) is 6.14. The minimum atomic E-state index is -2.23. The summed E-state index contributed by atoms with van der Waals surface area (Å²) in [7, 11) is -2.23. The fourth-order valence-electron chi connectivity index (χ4n) is 1.72. The largest absolute Gasteiger partial charge is 0.392 e. The van der Waals surface area contributed by atoms with Crippen molar-refractivity contribution in [2.75, 3.05) is 6.54 Å². The van der Waals surface area contributed by atoms with Crippen LogP contribution in [0.4, 0.5) is 4.79 Å².